The Morgan fingerprint density at radius 3 is 1.89 bits per heavy atom. The van der Waals surface area contributed by atoms with Crippen molar-refractivity contribution in [1.82, 2.24) is 0 Å². The van der Waals surface area contributed by atoms with Crippen LogP contribution in [0, 0.1) is 0 Å². The Balaban J connectivity index is 1.86. The van der Waals surface area contributed by atoms with Crippen LogP contribution in [0.15, 0.2) is 30.3 Å². The average Bonchev–Trinajstić information content (AvgIpc) is 3.00. The monoisotopic (exact) mass is 700 g/mol. The molecular weight excluding hydrogens is 662 g/mol. The number of carbonyl (C=O) groups is 4. The van der Waals surface area contributed by atoms with Crippen molar-refractivity contribution in [1.29, 1.82) is 0 Å². The molecule has 0 saturated heterocycles. The van der Waals surface area contributed by atoms with Gasteiger partial charge in [0.25, 0.3) is 0 Å². The van der Waals surface area contributed by atoms with Crippen molar-refractivity contribution in [3.63, 3.8) is 0 Å². The fourth-order valence-corrected chi connectivity index (χ4v) is 11.9. The molecule has 13 nitrogen and oxygen atoms in total. The van der Waals surface area contributed by atoms with Crippen LogP contribution in [-0.4, -0.2) is 80.6 Å². The minimum absolute atomic E-state index is 0.0177. The maximum Gasteiger partial charge on any atom is 0.346 e. The SMILES string of the molecule is CCOP(=O)(OCC)C(CSCCOc1cccc2c1C(=O)c1c(OC(C)=O)cc(C(=O)OC)cc1C2=O)P(=O)(OCC)OCC. The third kappa shape index (κ3) is 8.36. The average molecular weight is 701 g/mol. The summed E-state index contributed by atoms with van der Waals surface area (Å²) in [5.41, 5.74) is -0.352. The molecule has 1 aliphatic carbocycles. The second-order valence-corrected chi connectivity index (χ2v) is 15.5. The number of hydrogen-bond acceptors (Lipinski definition) is 14. The zero-order chi connectivity index (χ0) is 34.1. The number of carbonyl (C=O) groups excluding carboxylic acids is 4. The molecule has 0 heterocycles. The summed E-state index contributed by atoms with van der Waals surface area (Å²) in [7, 11) is -6.70. The maximum atomic E-state index is 13.8. The second kappa shape index (κ2) is 16.8. The summed E-state index contributed by atoms with van der Waals surface area (Å²) in [6.07, 6.45) is 0. The van der Waals surface area contributed by atoms with E-state index in [1.165, 1.54) is 36.0 Å². The molecule has 0 N–H and O–H groups in total. The van der Waals surface area contributed by atoms with Gasteiger partial charge in [-0.25, -0.2) is 4.79 Å². The van der Waals surface area contributed by atoms with Crippen molar-refractivity contribution in [2.24, 2.45) is 0 Å². The third-order valence-electron chi connectivity index (χ3n) is 6.46. The summed E-state index contributed by atoms with van der Waals surface area (Å²) in [6.45, 7) is 7.96. The summed E-state index contributed by atoms with van der Waals surface area (Å²) in [4.78, 5) is 51.4. The molecule has 0 fully saturated rings. The zero-order valence-electron chi connectivity index (χ0n) is 26.5. The standard InChI is InChI=1S/C30H38O13P2S/c1-7-39-44(35,40-8-2)25(45(36,41-9-3)42-10-4)18-46-15-14-38-23-13-11-12-21-26(23)29(33)27-22(28(21)32)16-20(30(34)37-6)17-24(27)43-19(5)31/h11-13,16-17,25H,7-10,14-15,18H2,1-6H3. The molecule has 0 saturated carbocycles. The largest absolute Gasteiger partial charge is 0.492 e. The van der Waals surface area contributed by atoms with Gasteiger partial charge in [0.1, 0.15) is 11.5 Å². The van der Waals surface area contributed by atoms with Gasteiger partial charge in [0, 0.05) is 29.6 Å². The minimum Gasteiger partial charge on any atom is -0.492 e. The van der Waals surface area contributed by atoms with Gasteiger partial charge in [0.2, 0.25) is 5.78 Å². The highest BCUT2D eigenvalue weighted by molar-refractivity contribution is 8.00. The van der Waals surface area contributed by atoms with E-state index in [0.29, 0.717) is 0 Å². The van der Waals surface area contributed by atoms with E-state index in [4.69, 9.17) is 32.3 Å². The second-order valence-electron chi connectivity index (χ2n) is 9.47. The van der Waals surface area contributed by atoms with Crippen molar-refractivity contribution < 1.29 is 60.6 Å². The first-order valence-corrected chi connectivity index (χ1v) is 18.9. The molecule has 0 aliphatic heterocycles. The van der Waals surface area contributed by atoms with E-state index in [1.54, 1.807) is 33.8 Å². The first-order chi connectivity index (χ1) is 21.9. The van der Waals surface area contributed by atoms with Gasteiger partial charge >= 0.3 is 27.1 Å². The van der Waals surface area contributed by atoms with Crippen LogP contribution in [0.25, 0.3) is 0 Å². The lowest BCUT2D eigenvalue weighted by Crippen LogP contribution is -2.24. The van der Waals surface area contributed by atoms with Crippen LogP contribution in [-0.2, 0) is 36.8 Å². The van der Waals surface area contributed by atoms with Crippen LogP contribution < -0.4 is 9.47 Å². The smallest absolute Gasteiger partial charge is 0.346 e. The number of esters is 2. The topological polar surface area (TPSA) is 167 Å². The molecule has 0 bridgehead atoms. The number of ketones is 2. The molecule has 2 aromatic carbocycles. The number of fused-ring (bicyclic) bond motifs is 2. The quantitative estimate of drug-likeness (QED) is 0.0642. The van der Waals surface area contributed by atoms with Crippen LogP contribution in [0.3, 0.4) is 0 Å². The lowest BCUT2D eigenvalue weighted by Gasteiger charge is -2.31. The predicted molar refractivity (Wildman–Crippen MR) is 171 cm³/mol. The van der Waals surface area contributed by atoms with Gasteiger partial charge in [-0.05, 0) is 45.9 Å². The van der Waals surface area contributed by atoms with Crippen LogP contribution in [0.5, 0.6) is 11.5 Å². The normalized spacial score (nSPS) is 12.9. The van der Waals surface area contributed by atoms with Crippen molar-refractivity contribution in [3.05, 3.63) is 58.1 Å². The Kier molecular flexibility index (Phi) is 13.8. The number of hydrogen-bond donors (Lipinski definition) is 0. The van der Waals surface area contributed by atoms with Gasteiger partial charge in [0.05, 0.1) is 56.8 Å². The van der Waals surface area contributed by atoms with E-state index in [9.17, 15) is 28.3 Å². The van der Waals surface area contributed by atoms with Gasteiger partial charge in [-0.1, -0.05) is 12.1 Å². The molecule has 0 aromatic heterocycles. The van der Waals surface area contributed by atoms with Crippen molar-refractivity contribution >= 4 is 50.5 Å². The molecule has 3 rings (SSSR count). The number of benzene rings is 2. The number of thioether (sulfide) groups is 1. The molecule has 1 aliphatic rings. The first kappa shape index (κ1) is 37.6. The summed E-state index contributed by atoms with van der Waals surface area (Å²) in [6, 6.07) is 6.92. The predicted octanol–water partition coefficient (Wildman–Crippen LogP) is 6.14. The molecule has 0 spiro atoms. The fourth-order valence-electron chi connectivity index (χ4n) is 4.74. The molecule has 0 amide bonds. The van der Waals surface area contributed by atoms with Gasteiger partial charge in [-0.2, -0.15) is 11.8 Å². The van der Waals surface area contributed by atoms with Crippen LogP contribution in [0.4, 0.5) is 0 Å². The minimum atomic E-state index is -3.93. The molecule has 46 heavy (non-hydrogen) atoms. The summed E-state index contributed by atoms with van der Waals surface area (Å²) in [5.74, 6) is -2.61. The highest BCUT2D eigenvalue weighted by Crippen LogP contribution is 2.70. The lowest BCUT2D eigenvalue weighted by molar-refractivity contribution is -0.131. The Hall–Kier alpha value is -2.83. The molecule has 0 unspecified atom stereocenters. The van der Waals surface area contributed by atoms with E-state index in [1.807, 2.05) is 0 Å². The lowest BCUT2D eigenvalue weighted by atomic mass is 9.82. The molecule has 0 atom stereocenters. The van der Waals surface area contributed by atoms with Crippen molar-refractivity contribution in [2.75, 3.05) is 51.6 Å². The number of rotatable bonds is 18. The van der Waals surface area contributed by atoms with E-state index >= 15 is 0 Å². The highest BCUT2D eigenvalue weighted by Gasteiger charge is 2.50. The van der Waals surface area contributed by atoms with Gasteiger partial charge in [0.15, 0.2) is 11.2 Å². The number of methoxy groups -OCH3 is 1. The van der Waals surface area contributed by atoms with Crippen molar-refractivity contribution in [3.8, 4) is 11.5 Å². The van der Waals surface area contributed by atoms with Gasteiger partial charge in [-0.3, -0.25) is 23.5 Å². The van der Waals surface area contributed by atoms with Crippen molar-refractivity contribution in [2.45, 2.75) is 40.0 Å². The van der Waals surface area contributed by atoms with Crippen LogP contribution >= 0.6 is 27.0 Å². The van der Waals surface area contributed by atoms with E-state index in [0.717, 1.165) is 14.0 Å². The van der Waals surface area contributed by atoms with Gasteiger partial charge < -0.3 is 32.3 Å². The molecule has 0 radical (unpaired) electrons. The zero-order valence-corrected chi connectivity index (χ0v) is 29.1. The van der Waals surface area contributed by atoms with E-state index < -0.39 is 44.1 Å². The Morgan fingerprint density at radius 1 is 0.804 bits per heavy atom. The molecule has 2 aromatic rings. The molecule has 252 valence electrons. The Morgan fingerprint density at radius 2 is 1.37 bits per heavy atom. The molecule has 16 heteroatoms. The number of ether oxygens (including phenoxy) is 3. The Bertz CT molecular complexity index is 1510. The van der Waals surface area contributed by atoms with Gasteiger partial charge in [-0.15, -0.1) is 0 Å². The van der Waals surface area contributed by atoms with E-state index in [2.05, 4.69) is 0 Å². The highest BCUT2D eigenvalue weighted by atomic mass is 32.2. The summed E-state index contributed by atoms with van der Waals surface area (Å²) < 4.78 is 65.4. The summed E-state index contributed by atoms with van der Waals surface area (Å²) >= 11 is 1.24. The fraction of sp³-hybridized carbons (Fsp3) is 0.467. The van der Waals surface area contributed by atoms with E-state index in [-0.39, 0.29) is 83.9 Å². The molecular formula is C30H38O13P2S. The van der Waals surface area contributed by atoms with Crippen LogP contribution in [0.1, 0.15) is 76.8 Å². The maximum absolute atomic E-state index is 13.8. The third-order valence-corrected chi connectivity index (χ3v) is 14.0. The van der Waals surface area contributed by atoms with Crippen LogP contribution in [0.2, 0.25) is 0 Å². The first-order valence-electron chi connectivity index (χ1n) is 14.6. The summed E-state index contributed by atoms with van der Waals surface area (Å²) in [5, 5.41) is -1.21. The Labute approximate surface area is 272 Å².